The molecule has 2 N–H and O–H groups in total. The van der Waals surface area contributed by atoms with Crippen molar-refractivity contribution in [2.45, 2.75) is 109 Å². The lowest BCUT2D eigenvalue weighted by Crippen LogP contribution is -2.36. The first kappa shape index (κ1) is 23.1. The van der Waals surface area contributed by atoms with Gasteiger partial charge in [-0.1, -0.05) is 83.1 Å². The fraction of sp³-hybridized carbons (Fsp3) is 0.826. The first-order valence-corrected chi connectivity index (χ1v) is 11.3. The van der Waals surface area contributed by atoms with Gasteiger partial charge in [-0.2, -0.15) is 0 Å². The summed E-state index contributed by atoms with van der Waals surface area (Å²) < 4.78 is 0. The minimum atomic E-state index is 0.234. The molecule has 0 spiro atoms. The Kier molecular flexibility index (Phi) is 15.5. The molecule has 0 bridgehead atoms. The maximum Gasteiger partial charge on any atom is 0.0982 e. The molecule has 1 rings (SSSR count). The number of β-amino-alcohol motifs (C(OH)–C–C–N with tert-alkyl or cyclic N) is 1. The van der Waals surface area contributed by atoms with Gasteiger partial charge in [-0.05, 0) is 25.7 Å². The third kappa shape index (κ3) is 12.4. The summed E-state index contributed by atoms with van der Waals surface area (Å²) in [5.41, 5.74) is 0. The van der Waals surface area contributed by atoms with Gasteiger partial charge in [-0.15, -0.1) is 6.58 Å². The van der Waals surface area contributed by atoms with Crippen LogP contribution < -0.4 is 5.32 Å². The van der Waals surface area contributed by atoms with Crippen LogP contribution >= 0.6 is 0 Å². The lowest BCUT2D eigenvalue weighted by Gasteiger charge is -2.24. The molecule has 0 radical (unpaired) electrons. The monoisotopic (exact) mass is 364 g/mol. The first-order valence-electron chi connectivity index (χ1n) is 11.3. The van der Waals surface area contributed by atoms with E-state index in [1.165, 1.54) is 103 Å². The number of nitrogens with one attached hydrogen (secondary N) is 1. The highest BCUT2D eigenvalue weighted by atomic mass is 16.3. The number of rotatable bonds is 19. The molecule has 1 aliphatic heterocycles. The molecule has 26 heavy (non-hydrogen) atoms. The van der Waals surface area contributed by atoms with Gasteiger partial charge in [0.1, 0.15) is 0 Å². The average Bonchev–Trinajstić information content (AvgIpc) is 3.09. The van der Waals surface area contributed by atoms with E-state index in [4.69, 9.17) is 5.11 Å². The number of nitrogens with zero attached hydrogens (tertiary/aromatic N) is 1. The third-order valence-corrected chi connectivity index (χ3v) is 5.45. The maximum absolute atomic E-state index is 9.05. The van der Waals surface area contributed by atoms with Crippen molar-refractivity contribution < 1.29 is 5.11 Å². The van der Waals surface area contributed by atoms with E-state index in [0.29, 0.717) is 6.17 Å². The van der Waals surface area contributed by atoms with Crippen LogP contribution in [0.1, 0.15) is 103 Å². The van der Waals surface area contributed by atoms with Gasteiger partial charge >= 0.3 is 0 Å². The highest BCUT2D eigenvalue weighted by Gasteiger charge is 2.16. The quantitative estimate of drug-likeness (QED) is 0.214. The molecule has 3 heteroatoms. The second-order valence-electron chi connectivity index (χ2n) is 7.78. The number of allylic oxidation sites excluding steroid dienone is 1. The van der Waals surface area contributed by atoms with Crippen LogP contribution in [0.5, 0.6) is 0 Å². The summed E-state index contributed by atoms with van der Waals surface area (Å²) in [6.07, 6.45) is 28.5. The molecule has 0 fully saturated rings. The summed E-state index contributed by atoms with van der Waals surface area (Å²) in [7, 11) is 0. The second-order valence-corrected chi connectivity index (χ2v) is 7.78. The van der Waals surface area contributed by atoms with Gasteiger partial charge in [0.2, 0.25) is 0 Å². The molecule has 0 aromatic rings. The number of aliphatic hydroxyl groups is 1. The highest BCUT2D eigenvalue weighted by Crippen LogP contribution is 2.16. The predicted octanol–water partition coefficient (Wildman–Crippen LogP) is 6.11. The van der Waals surface area contributed by atoms with Crippen LogP contribution in [0.2, 0.25) is 0 Å². The molecule has 152 valence electrons. The van der Waals surface area contributed by atoms with Crippen molar-refractivity contribution >= 4 is 0 Å². The zero-order chi connectivity index (χ0) is 18.7. The number of hydrogen-bond donors (Lipinski definition) is 2. The summed E-state index contributed by atoms with van der Waals surface area (Å²) in [6.45, 7) is 4.75. The summed E-state index contributed by atoms with van der Waals surface area (Å²) in [5.74, 6) is 0. The van der Waals surface area contributed by atoms with Crippen molar-refractivity contribution in [3.63, 3.8) is 0 Å². The standard InChI is InChI=1S/C23H44N2O/c1-2-3-4-5-6-7-8-9-10-11-12-13-14-15-16-17-18-23-24-19-20-25(23)21-22-26/h2,19-20,23-24,26H,1,3-18,21-22H2. The van der Waals surface area contributed by atoms with Crippen molar-refractivity contribution in [1.29, 1.82) is 0 Å². The molecule has 1 atom stereocenters. The van der Waals surface area contributed by atoms with E-state index < -0.39 is 0 Å². The Labute approximate surface area is 162 Å². The van der Waals surface area contributed by atoms with Gasteiger partial charge in [-0.3, -0.25) is 0 Å². The van der Waals surface area contributed by atoms with Crippen molar-refractivity contribution in [2.24, 2.45) is 0 Å². The van der Waals surface area contributed by atoms with Gasteiger partial charge in [0.05, 0.1) is 12.8 Å². The van der Waals surface area contributed by atoms with E-state index in [-0.39, 0.29) is 6.61 Å². The Morgan fingerprint density at radius 3 is 1.81 bits per heavy atom. The van der Waals surface area contributed by atoms with Crippen LogP contribution in [0.3, 0.4) is 0 Å². The normalized spacial score (nSPS) is 16.2. The molecule has 3 nitrogen and oxygen atoms in total. The van der Waals surface area contributed by atoms with Gasteiger partial charge in [0.25, 0.3) is 0 Å². The molecular weight excluding hydrogens is 320 g/mol. The fourth-order valence-electron chi connectivity index (χ4n) is 3.79. The second kappa shape index (κ2) is 17.5. The van der Waals surface area contributed by atoms with E-state index >= 15 is 0 Å². The Balaban J connectivity index is 1.74. The molecule has 0 amide bonds. The van der Waals surface area contributed by atoms with E-state index in [9.17, 15) is 0 Å². The fourth-order valence-corrected chi connectivity index (χ4v) is 3.79. The largest absolute Gasteiger partial charge is 0.395 e. The average molecular weight is 365 g/mol. The van der Waals surface area contributed by atoms with E-state index in [1.807, 2.05) is 12.3 Å². The predicted molar refractivity (Wildman–Crippen MR) is 114 cm³/mol. The van der Waals surface area contributed by atoms with E-state index in [2.05, 4.69) is 23.0 Å². The van der Waals surface area contributed by atoms with Crippen LogP contribution in [0.4, 0.5) is 0 Å². The molecule has 0 saturated carbocycles. The van der Waals surface area contributed by atoms with Crippen molar-refractivity contribution in [3.05, 3.63) is 25.1 Å². The summed E-state index contributed by atoms with van der Waals surface area (Å²) in [6, 6.07) is 0. The van der Waals surface area contributed by atoms with Gasteiger partial charge < -0.3 is 15.3 Å². The zero-order valence-electron chi connectivity index (χ0n) is 17.1. The molecule has 1 aliphatic rings. The summed E-state index contributed by atoms with van der Waals surface area (Å²) in [5, 5.41) is 12.4. The van der Waals surface area contributed by atoms with E-state index in [1.54, 1.807) is 0 Å². The van der Waals surface area contributed by atoms with Gasteiger partial charge in [-0.25, -0.2) is 0 Å². The Hall–Kier alpha value is -0.960. The molecule has 0 aromatic heterocycles. The molecule has 0 aliphatic carbocycles. The van der Waals surface area contributed by atoms with Crippen LogP contribution in [0, 0.1) is 0 Å². The molecule has 0 saturated heterocycles. The van der Waals surface area contributed by atoms with Crippen molar-refractivity contribution in [2.75, 3.05) is 13.2 Å². The summed E-state index contributed by atoms with van der Waals surface area (Å²) in [4.78, 5) is 2.21. The summed E-state index contributed by atoms with van der Waals surface area (Å²) >= 11 is 0. The number of unbranched alkanes of at least 4 members (excludes halogenated alkanes) is 14. The Morgan fingerprint density at radius 1 is 0.808 bits per heavy atom. The van der Waals surface area contributed by atoms with Crippen molar-refractivity contribution in [3.8, 4) is 0 Å². The third-order valence-electron chi connectivity index (χ3n) is 5.45. The Bertz CT molecular complexity index is 343. The van der Waals surface area contributed by atoms with E-state index in [0.717, 1.165) is 6.54 Å². The SMILES string of the molecule is C=CCCCCCCCCCCCCCCCCC1NC=CN1CCO. The lowest BCUT2D eigenvalue weighted by atomic mass is 10.0. The van der Waals surface area contributed by atoms with Gasteiger partial charge in [0.15, 0.2) is 0 Å². The first-order chi connectivity index (χ1) is 12.9. The molecular formula is C23H44N2O. The molecule has 0 aromatic carbocycles. The topological polar surface area (TPSA) is 35.5 Å². The zero-order valence-corrected chi connectivity index (χ0v) is 17.1. The maximum atomic E-state index is 9.05. The smallest absolute Gasteiger partial charge is 0.0982 e. The Morgan fingerprint density at radius 2 is 1.31 bits per heavy atom. The van der Waals surface area contributed by atoms with Crippen LogP contribution in [-0.2, 0) is 0 Å². The molecule has 1 heterocycles. The van der Waals surface area contributed by atoms with Gasteiger partial charge in [0, 0.05) is 18.9 Å². The van der Waals surface area contributed by atoms with Crippen molar-refractivity contribution in [1.82, 2.24) is 10.2 Å². The van der Waals surface area contributed by atoms with Crippen LogP contribution in [0.25, 0.3) is 0 Å². The van der Waals surface area contributed by atoms with Crippen LogP contribution in [0.15, 0.2) is 25.1 Å². The number of hydrogen-bond acceptors (Lipinski definition) is 3. The van der Waals surface area contributed by atoms with Crippen LogP contribution in [-0.4, -0.2) is 29.3 Å². The number of aliphatic hydroxyl groups excluding tert-OH is 1. The minimum Gasteiger partial charge on any atom is -0.395 e. The lowest BCUT2D eigenvalue weighted by molar-refractivity contribution is 0.194. The molecule has 1 unspecified atom stereocenters. The highest BCUT2D eigenvalue weighted by molar-refractivity contribution is 4.93. The minimum absolute atomic E-state index is 0.234.